The van der Waals surface area contributed by atoms with E-state index < -0.39 is 0 Å². The molecule has 2 rings (SSSR count). The fourth-order valence-electron chi connectivity index (χ4n) is 2.85. The van der Waals surface area contributed by atoms with E-state index in [9.17, 15) is 4.79 Å². The third kappa shape index (κ3) is 3.12. The van der Waals surface area contributed by atoms with Crippen molar-refractivity contribution < 1.29 is 9.53 Å². The van der Waals surface area contributed by atoms with Gasteiger partial charge in [-0.2, -0.15) is 0 Å². The Morgan fingerprint density at radius 1 is 1.47 bits per heavy atom. The molecule has 0 saturated carbocycles. The Labute approximate surface area is 109 Å². The van der Waals surface area contributed by atoms with Crippen LogP contribution in [0.3, 0.4) is 0 Å². The molecule has 0 radical (unpaired) electrons. The first-order chi connectivity index (χ1) is 7.74. The lowest BCUT2D eigenvalue weighted by atomic mass is 9.89. The second-order valence-electron chi connectivity index (χ2n) is 5.01. The molecule has 2 aliphatic rings. The van der Waals surface area contributed by atoms with Gasteiger partial charge in [-0.15, -0.1) is 12.4 Å². The van der Waals surface area contributed by atoms with Gasteiger partial charge in [0, 0.05) is 25.7 Å². The van der Waals surface area contributed by atoms with Gasteiger partial charge in [-0.05, 0) is 25.2 Å². The first kappa shape index (κ1) is 14.7. The zero-order chi connectivity index (χ0) is 11.5. The summed E-state index contributed by atoms with van der Waals surface area (Å²) in [5.41, 5.74) is 5.80. The molecule has 4 nitrogen and oxygen atoms in total. The highest BCUT2D eigenvalue weighted by Gasteiger charge is 2.35. The van der Waals surface area contributed by atoms with Crippen LogP contribution >= 0.6 is 12.4 Å². The number of halogens is 1. The van der Waals surface area contributed by atoms with Crippen molar-refractivity contribution in [2.24, 2.45) is 17.6 Å². The topological polar surface area (TPSA) is 55.6 Å². The summed E-state index contributed by atoms with van der Waals surface area (Å²) in [4.78, 5) is 14.3. The van der Waals surface area contributed by atoms with E-state index in [1.54, 1.807) is 0 Å². The van der Waals surface area contributed by atoms with Crippen molar-refractivity contribution >= 4 is 18.3 Å². The molecule has 2 saturated heterocycles. The normalized spacial score (nSPS) is 33.3. The number of carbonyl (C=O) groups is 1. The fraction of sp³-hybridized carbons (Fsp3) is 0.917. The smallest absolute Gasteiger partial charge is 0.228 e. The minimum Gasteiger partial charge on any atom is -0.381 e. The first-order valence-corrected chi connectivity index (χ1v) is 6.32. The van der Waals surface area contributed by atoms with E-state index in [1.807, 2.05) is 4.90 Å². The number of ether oxygens (including phenoxy) is 1. The molecule has 0 bridgehead atoms. The van der Waals surface area contributed by atoms with E-state index in [0.717, 1.165) is 26.0 Å². The lowest BCUT2D eigenvalue weighted by molar-refractivity contribution is -0.140. The summed E-state index contributed by atoms with van der Waals surface area (Å²) >= 11 is 0. The minimum atomic E-state index is 0. The van der Waals surface area contributed by atoms with Crippen LogP contribution in [0.4, 0.5) is 0 Å². The number of piperidine rings is 1. The number of rotatable bonds is 2. The van der Waals surface area contributed by atoms with E-state index in [2.05, 4.69) is 6.92 Å². The second-order valence-corrected chi connectivity index (χ2v) is 5.01. The van der Waals surface area contributed by atoms with Crippen molar-refractivity contribution in [1.82, 2.24) is 4.90 Å². The van der Waals surface area contributed by atoms with Crippen molar-refractivity contribution in [3.63, 3.8) is 0 Å². The third-order valence-corrected chi connectivity index (χ3v) is 3.92. The van der Waals surface area contributed by atoms with Gasteiger partial charge in [-0.1, -0.05) is 6.92 Å². The molecule has 0 spiro atoms. The summed E-state index contributed by atoms with van der Waals surface area (Å²) in [5.74, 6) is 0.879. The Balaban J connectivity index is 0.00000144. The number of hydrogen-bond acceptors (Lipinski definition) is 3. The molecular weight excluding hydrogens is 240 g/mol. The van der Waals surface area contributed by atoms with Crippen LogP contribution in [-0.4, -0.2) is 43.2 Å². The Kier molecular flexibility index (Phi) is 5.70. The highest BCUT2D eigenvalue weighted by atomic mass is 35.5. The minimum absolute atomic E-state index is 0. The van der Waals surface area contributed by atoms with E-state index in [0.29, 0.717) is 19.1 Å². The molecule has 2 N–H and O–H groups in total. The maximum Gasteiger partial charge on any atom is 0.228 e. The van der Waals surface area contributed by atoms with Crippen molar-refractivity contribution in [2.45, 2.75) is 32.2 Å². The number of likely N-dealkylation sites (tertiary alicyclic amines) is 1. The molecule has 17 heavy (non-hydrogen) atoms. The highest BCUT2D eigenvalue weighted by molar-refractivity contribution is 5.85. The number of hydrogen-bond donors (Lipinski definition) is 1. The predicted molar refractivity (Wildman–Crippen MR) is 69.1 cm³/mol. The summed E-state index contributed by atoms with van der Waals surface area (Å²) in [7, 11) is 0. The van der Waals surface area contributed by atoms with Gasteiger partial charge < -0.3 is 15.4 Å². The third-order valence-electron chi connectivity index (χ3n) is 3.92. The highest BCUT2D eigenvalue weighted by Crippen LogP contribution is 2.26. The van der Waals surface area contributed by atoms with Crippen LogP contribution < -0.4 is 5.73 Å². The molecule has 100 valence electrons. The molecule has 2 heterocycles. The SMILES string of the molecule is CC1CCCN(C(=O)C2CCOC2)C1CN.Cl. The predicted octanol–water partition coefficient (Wildman–Crippen LogP) is 1.03. The molecule has 2 aliphatic heterocycles. The maximum absolute atomic E-state index is 12.3. The number of carbonyl (C=O) groups excluding carboxylic acids is 1. The van der Waals surface area contributed by atoms with Gasteiger partial charge in [-0.25, -0.2) is 0 Å². The molecule has 0 aliphatic carbocycles. The van der Waals surface area contributed by atoms with Crippen molar-refractivity contribution in [2.75, 3.05) is 26.3 Å². The fourth-order valence-corrected chi connectivity index (χ4v) is 2.85. The summed E-state index contributed by atoms with van der Waals surface area (Å²) in [6, 6.07) is 0.238. The van der Waals surface area contributed by atoms with Crippen molar-refractivity contribution in [3.05, 3.63) is 0 Å². The van der Waals surface area contributed by atoms with Crippen LogP contribution in [0, 0.1) is 11.8 Å². The van der Waals surface area contributed by atoms with E-state index in [-0.39, 0.29) is 30.3 Å². The largest absolute Gasteiger partial charge is 0.381 e. The lowest BCUT2D eigenvalue weighted by Gasteiger charge is -2.40. The molecule has 3 unspecified atom stereocenters. The number of amides is 1. The molecule has 5 heteroatoms. The van der Waals surface area contributed by atoms with Gasteiger partial charge in [0.25, 0.3) is 0 Å². The molecule has 3 atom stereocenters. The molecule has 0 aromatic heterocycles. The average molecular weight is 263 g/mol. The molecular formula is C12H23ClN2O2. The summed E-state index contributed by atoms with van der Waals surface area (Å²) in [6.45, 7) is 4.98. The van der Waals surface area contributed by atoms with Crippen LogP contribution in [0.2, 0.25) is 0 Å². The van der Waals surface area contributed by atoms with Gasteiger partial charge in [0.2, 0.25) is 5.91 Å². The monoisotopic (exact) mass is 262 g/mol. The number of nitrogens with zero attached hydrogens (tertiary/aromatic N) is 1. The molecule has 0 aromatic carbocycles. The van der Waals surface area contributed by atoms with Crippen LogP contribution in [0.1, 0.15) is 26.2 Å². The van der Waals surface area contributed by atoms with Gasteiger partial charge in [-0.3, -0.25) is 4.79 Å². The zero-order valence-corrected chi connectivity index (χ0v) is 11.2. The summed E-state index contributed by atoms with van der Waals surface area (Å²) in [6.07, 6.45) is 3.17. The average Bonchev–Trinajstić information content (AvgIpc) is 2.81. The Bertz CT molecular complexity index is 257. The van der Waals surface area contributed by atoms with Crippen LogP contribution in [0.15, 0.2) is 0 Å². The van der Waals surface area contributed by atoms with Crippen LogP contribution in [-0.2, 0) is 9.53 Å². The van der Waals surface area contributed by atoms with E-state index in [1.165, 1.54) is 6.42 Å². The second kappa shape index (κ2) is 6.57. The van der Waals surface area contributed by atoms with E-state index in [4.69, 9.17) is 10.5 Å². The van der Waals surface area contributed by atoms with Crippen LogP contribution in [0.5, 0.6) is 0 Å². The quantitative estimate of drug-likeness (QED) is 0.809. The maximum atomic E-state index is 12.3. The molecule has 2 fully saturated rings. The van der Waals surface area contributed by atoms with Crippen molar-refractivity contribution in [3.8, 4) is 0 Å². The Morgan fingerprint density at radius 3 is 2.82 bits per heavy atom. The Hall–Kier alpha value is -0.320. The van der Waals surface area contributed by atoms with Crippen molar-refractivity contribution in [1.29, 1.82) is 0 Å². The van der Waals surface area contributed by atoms with Gasteiger partial charge in [0.05, 0.1) is 12.5 Å². The lowest BCUT2D eigenvalue weighted by Crippen LogP contribution is -2.53. The first-order valence-electron chi connectivity index (χ1n) is 6.32. The Morgan fingerprint density at radius 2 is 2.24 bits per heavy atom. The summed E-state index contributed by atoms with van der Waals surface area (Å²) in [5, 5.41) is 0. The summed E-state index contributed by atoms with van der Waals surface area (Å²) < 4.78 is 5.29. The molecule has 1 amide bonds. The molecule has 0 aromatic rings. The standard InChI is InChI=1S/C12H22N2O2.ClH/c1-9-3-2-5-14(11(9)7-13)12(15)10-4-6-16-8-10;/h9-11H,2-8,13H2,1H3;1H. The van der Waals surface area contributed by atoms with E-state index >= 15 is 0 Å². The van der Waals surface area contributed by atoms with Gasteiger partial charge in [0.1, 0.15) is 0 Å². The van der Waals surface area contributed by atoms with Gasteiger partial charge in [0.15, 0.2) is 0 Å². The van der Waals surface area contributed by atoms with Crippen LogP contribution in [0.25, 0.3) is 0 Å². The zero-order valence-electron chi connectivity index (χ0n) is 10.4. The number of nitrogens with two attached hydrogens (primary N) is 1. The van der Waals surface area contributed by atoms with Gasteiger partial charge >= 0.3 is 0 Å².